The second kappa shape index (κ2) is 9.81. The number of nitrogens with one attached hydrogen (secondary N) is 2. The number of benzene rings is 3. The Morgan fingerprint density at radius 2 is 1.51 bits per heavy atom. The average Bonchev–Trinajstić information content (AvgIpc) is 3.55. The van der Waals surface area contributed by atoms with Gasteiger partial charge >= 0.3 is 0 Å². The Bertz CT molecular complexity index is 1460. The number of H-pyrrole nitrogens is 1. The van der Waals surface area contributed by atoms with Crippen LogP contribution in [0, 0.1) is 0 Å². The molecule has 39 heavy (non-hydrogen) atoms. The van der Waals surface area contributed by atoms with Gasteiger partial charge < -0.3 is 19.6 Å². The van der Waals surface area contributed by atoms with Gasteiger partial charge in [0.05, 0.1) is 6.10 Å². The maximum absolute atomic E-state index is 13.7. The van der Waals surface area contributed by atoms with E-state index in [1.165, 1.54) is 10.4 Å². The summed E-state index contributed by atoms with van der Waals surface area (Å²) < 4.78 is 7.28. The number of para-hydroxylation sites is 1. The minimum atomic E-state index is -2.80. The lowest BCUT2D eigenvalue weighted by Crippen LogP contribution is -2.67. The van der Waals surface area contributed by atoms with Crippen LogP contribution in [0.3, 0.4) is 0 Å². The second-order valence-electron chi connectivity index (χ2n) is 11.8. The van der Waals surface area contributed by atoms with Crippen molar-refractivity contribution < 1.29 is 14.0 Å². The van der Waals surface area contributed by atoms with Gasteiger partial charge in [0.25, 0.3) is 8.32 Å². The fourth-order valence-corrected chi connectivity index (χ4v) is 11.2. The van der Waals surface area contributed by atoms with E-state index in [2.05, 4.69) is 79.6 Å². The molecule has 0 bridgehead atoms. The number of hydrogen-bond donors (Lipinski definition) is 2. The lowest BCUT2D eigenvalue weighted by Gasteiger charge is -2.44. The van der Waals surface area contributed by atoms with Crippen LogP contribution in [0.25, 0.3) is 10.9 Å². The number of rotatable bonds is 6. The quantitative estimate of drug-likeness (QED) is 0.368. The molecule has 3 heterocycles. The highest BCUT2D eigenvalue weighted by Crippen LogP contribution is 2.39. The van der Waals surface area contributed by atoms with E-state index in [4.69, 9.17) is 4.43 Å². The first-order valence-corrected chi connectivity index (χ1v) is 15.6. The van der Waals surface area contributed by atoms with E-state index in [1.54, 1.807) is 4.90 Å². The summed E-state index contributed by atoms with van der Waals surface area (Å²) in [6, 6.07) is 28.0. The molecule has 0 saturated carbocycles. The van der Waals surface area contributed by atoms with Crippen molar-refractivity contribution in [2.24, 2.45) is 0 Å². The van der Waals surface area contributed by atoms with Gasteiger partial charge in [-0.3, -0.25) is 9.59 Å². The SMILES string of the molecule is CC(C)(C)[Si](O[C@@H]1C[C@H]2C(=O)N[C@H](Cc3c[nH]c4ccccc34)C(=O)N2C1)(c1ccccc1)c1ccccc1. The highest BCUT2D eigenvalue weighted by Gasteiger charge is 2.54. The molecule has 0 unspecified atom stereocenters. The predicted octanol–water partition coefficient (Wildman–Crippen LogP) is 3.75. The number of hydrogen-bond acceptors (Lipinski definition) is 3. The molecule has 6 nitrogen and oxygen atoms in total. The Kier molecular flexibility index (Phi) is 6.44. The van der Waals surface area contributed by atoms with Crippen LogP contribution in [0.15, 0.2) is 91.1 Å². The van der Waals surface area contributed by atoms with E-state index in [1.807, 2.05) is 42.6 Å². The minimum Gasteiger partial charge on any atom is -0.403 e. The number of nitrogens with zero attached hydrogens (tertiary/aromatic N) is 1. The molecule has 2 N–H and O–H groups in total. The summed E-state index contributed by atoms with van der Waals surface area (Å²) in [4.78, 5) is 32.1. The molecule has 0 spiro atoms. The molecule has 4 aromatic rings. The van der Waals surface area contributed by atoms with Crippen molar-refractivity contribution >= 4 is 41.4 Å². The first-order valence-electron chi connectivity index (χ1n) is 13.7. The van der Waals surface area contributed by atoms with Crippen LogP contribution in [0.1, 0.15) is 32.8 Å². The van der Waals surface area contributed by atoms with Gasteiger partial charge in [-0.2, -0.15) is 0 Å². The molecule has 1 aromatic heterocycles. The van der Waals surface area contributed by atoms with Crippen LogP contribution in [-0.2, 0) is 20.4 Å². The fraction of sp³-hybridized carbons (Fsp3) is 0.312. The molecule has 0 radical (unpaired) electrons. The smallest absolute Gasteiger partial charge is 0.261 e. The normalized spacial score (nSPS) is 21.7. The van der Waals surface area contributed by atoms with Crippen molar-refractivity contribution in [3.63, 3.8) is 0 Å². The van der Waals surface area contributed by atoms with Crippen molar-refractivity contribution in [2.45, 2.75) is 56.8 Å². The largest absolute Gasteiger partial charge is 0.403 e. The molecule has 2 saturated heterocycles. The van der Waals surface area contributed by atoms with Gasteiger partial charge in [0.15, 0.2) is 0 Å². The second-order valence-corrected chi connectivity index (χ2v) is 16.0. The summed E-state index contributed by atoms with van der Waals surface area (Å²) >= 11 is 0. The number of aromatic amines is 1. The lowest BCUT2D eigenvalue weighted by molar-refractivity contribution is -0.147. The maximum Gasteiger partial charge on any atom is 0.261 e. The molecule has 3 atom stereocenters. The summed E-state index contributed by atoms with van der Waals surface area (Å²) in [6.45, 7) is 7.16. The predicted molar refractivity (Wildman–Crippen MR) is 157 cm³/mol. The van der Waals surface area contributed by atoms with E-state index in [-0.39, 0.29) is 23.0 Å². The topological polar surface area (TPSA) is 74.4 Å². The molecule has 7 heteroatoms. The highest BCUT2D eigenvalue weighted by atomic mass is 28.4. The number of amides is 2. The van der Waals surface area contributed by atoms with E-state index in [0.717, 1.165) is 16.5 Å². The molecule has 2 fully saturated rings. The number of carbonyl (C=O) groups is 2. The molecule has 200 valence electrons. The van der Waals surface area contributed by atoms with Gasteiger partial charge in [-0.15, -0.1) is 0 Å². The van der Waals surface area contributed by atoms with Crippen molar-refractivity contribution in [1.82, 2.24) is 15.2 Å². The number of carbonyl (C=O) groups excluding carboxylic acids is 2. The molecule has 2 amide bonds. The Hall–Kier alpha value is -3.68. The minimum absolute atomic E-state index is 0.0292. The Balaban J connectivity index is 1.29. The van der Waals surface area contributed by atoms with Crippen LogP contribution in [0.4, 0.5) is 0 Å². The van der Waals surface area contributed by atoms with Gasteiger partial charge in [-0.25, -0.2) is 0 Å². The lowest BCUT2D eigenvalue weighted by atomic mass is 10.0. The first-order chi connectivity index (χ1) is 18.8. The van der Waals surface area contributed by atoms with E-state index in [9.17, 15) is 9.59 Å². The van der Waals surface area contributed by atoms with Crippen molar-refractivity contribution in [2.75, 3.05) is 6.54 Å². The standard InChI is InChI=1S/C32H35N3O3Si/c1-32(2,3)39(24-12-6-4-7-13-24,25-14-8-5-9-15-25)38-23-19-29-30(36)34-28(31(37)35(29)21-23)18-22-20-33-27-17-11-10-16-26(22)27/h4-17,20,23,28-29,33H,18-19,21H2,1-3H3,(H,34,36)/t23-,28-,29+/m1/s1. The number of fused-ring (bicyclic) bond motifs is 2. The van der Waals surface area contributed by atoms with Crippen LogP contribution in [0.2, 0.25) is 5.04 Å². The monoisotopic (exact) mass is 537 g/mol. The zero-order chi connectivity index (χ0) is 27.2. The molecule has 0 aliphatic carbocycles. The zero-order valence-electron chi connectivity index (χ0n) is 22.7. The molecular weight excluding hydrogens is 502 g/mol. The Morgan fingerprint density at radius 3 is 2.15 bits per heavy atom. The van der Waals surface area contributed by atoms with Gasteiger partial charge in [0, 0.05) is 36.5 Å². The molecule has 3 aromatic carbocycles. The van der Waals surface area contributed by atoms with Crippen molar-refractivity contribution in [3.8, 4) is 0 Å². The van der Waals surface area contributed by atoms with Crippen LogP contribution in [-0.4, -0.2) is 54.7 Å². The number of aromatic nitrogens is 1. The third-order valence-corrected chi connectivity index (χ3v) is 13.4. The van der Waals surface area contributed by atoms with Crippen molar-refractivity contribution in [1.29, 1.82) is 0 Å². The van der Waals surface area contributed by atoms with Crippen molar-refractivity contribution in [3.05, 3.63) is 96.7 Å². The third-order valence-electron chi connectivity index (χ3n) is 8.32. The third kappa shape index (κ3) is 4.39. The summed E-state index contributed by atoms with van der Waals surface area (Å²) in [5.74, 6) is -0.119. The Morgan fingerprint density at radius 1 is 0.897 bits per heavy atom. The molecular formula is C32H35N3O3Si. The van der Waals surface area contributed by atoms with Crippen LogP contribution in [0.5, 0.6) is 0 Å². The fourth-order valence-electron chi connectivity index (χ4n) is 6.50. The summed E-state index contributed by atoms with van der Waals surface area (Å²) in [5, 5.41) is 6.32. The zero-order valence-corrected chi connectivity index (χ0v) is 23.7. The Labute approximate surface area is 230 Å². The summed E-state index contributed by atoms with van der Waals surface area (Å²) in [7, 11) is -2.80. The summed E-state index contributed by atoms with van der Waals surface area (Å²) in [6.07, 6.45) is 2.66. The van der Waals surface area contributed by atoms with E-state index in [0.29, 0.717) is 19.4 Å². The van der Waals surface area contributed by atoms with Gasteiger partial charge in [-0.1, -0.05) is 99.6 Å². The van der Waals surface area contributed by atoms with Crippen LogP contribution >= 0.6 is 0 Å². The van der Waals surface area contributed by atoms with Gasteiger partial charge in [-0.05, 0) is 27.0 Å². The number of piperazine rings is 1. The first kappa shape index (κ1) is 25.6. The van der Waals surface area contributed by atoms with Gasteiger partial charge in [0.1, 0.15) is 12.1 Å². The van der Waals surface area contributed by atoms with Gasteiger partial charge in [0.2, 0.25) is 11.8 Å². The van der Waals surface area contributed by atoms with E-state index >= 15 is 0 Å². The summed E-state index contributed by atoms with van der Waals surface area (Å²) in [5.41, 5.74) is 2.06. The molecule has 2 aliphatic rings. The average molecular weight is 538 g/mol. The molecule has 2 aliphatic heterocycles. The van der Waals surface area contributed by atoms with Crippen LogP contribution < -0.4 is 15.7 Å². The maximum atomic E-state index is 13.7. The highest BCUT2D eigenvalue weighted by molar-refractivity contribution is 6.99. The van der Waals surface area contributed by atoms with E-state index < -0.39 is 20.4 Å². The molecule has 6 rings (SSSR count).